The summed E-state index contributed by atoms with van der Waals surface area (Å²) in [5.74, 6) is -0.248. The van der Waals surface area contributed by atoms with Crippen molar-refractivity contribution in [2.75, 3.05) is 13.2 Å². The molecule has 1 aliphatic rings. The van der Waals surface area contributed by atoms with E-state index < -0.39 is 49.5 Å². The van der Waals surface area contributed by atoms with Gasteiger partial charge in [0.25, 0.3) is 0 Å². The van der Waals surface area contributed by atoms with Crippen molar-refractivity contribution in [2.45, 2.75) is 88.8 Å². The van der Waals surface area contributed by atoms with Crippen LogP contribution in [0.15, 0.2) is 0 Å². The second-order valence-electron chi connectivity index (χ2n) is 6.62. The first-order valence-electron chi connectivity index (χ1n) is 9.25. The van der Waals surface area contributed by atoms with Crippen molar-refractivity contribution in [1.29, 1.82) is 0 Å². The number of nitrogens with one attached hydrogen (secondary N) is 1. The Morgan fingerprint density at radius 3 is 2.42 bits per heavy atom. The third kappa shape index (κ3) is 6.73. The maximum Gasteiger partial charge on any atom is 0.220 e. The Morgan fingerprint density at radius 2 is 1.85 bits per heavy atom. The summed E-state index contributed by atoms with van der Waals surface area (Å²) in [6.45, 7) is 3.03. The number of rotatable bonds is 11. The number of unbranched alkanes of at least 4 members (excludes halogenated alkanes) is 2. The highest BCUT2D eigenvalue weighted by Gasteiger charge is 2.44. The van der Waals surface area contributed by atoms with Gasteiger partial charge in [0.1, 0.15) is 24.4 Å². The van der Waals surface area contributed by atoms with Gasteiger partial charge in [-0.3, -0.25) is 4.79 Å². The minimum Gasteiger partial charge on any atom is -0.394 e. The molecule has 7 unspecified atom stereocenters. The van der Waals surface area contributed by atoms with Crippen LogP contribution in [0.1, 0.15) is 46.0 Å². The first-order valence-corrected chi connectivity index (χ1v) is 9.25. The average molecular weight is 379 g/mol. The van der Waals surface area contributed by atoms with Crippen LogP contribution in [0.3, 0.4) is 0 Å². The van der Waals surface area contributed by atoms with E-state index in [1.807, 2.05) is 6.92 Å². The van der Waals surface area contributed by atoms with Gasteiger partial charge in [0.05, 0.1) is 25.4 Å². The van der Waals surface area contributed by atoms with Gasteiger partial charge in [-0.1, -0.05) is 33.1 Å². The van der Waals surface area contributed by atoms with Crippen molar-refractivity contribution in [3.8, 4) is 0 Å². The second-order valence-corrected chi connectivity index (χ2v) is 6.62. The lowest BCUT2D eigenvalue weighted by molar-refractivity contribution is -0.302. The predicted molar refractivity (Wildman–Crippen MR) is 92.1 cm³/mol. The molecule has 1 aliphatic heterocycles. The number of aliphatic hydroxyl groups excluding tert-OH is 5. The van der Waals surface area contributed by atoms with Crippen molar-refractivity contribution in [2.24, 2.45) is 0 Å². The molecule has 7 atom stereocenters. The Morgan fingerprint density at radius 1 is 1.15 bits per heavy atom. The molecule has 1 saturated heterocycles. The number of hydrogen-bond acceptors (Lipinski definition) is 8. The lowest BCUT2D eigenvalue weighted by Crippen LogP contribution is -2.60. The quantitative estimate of drug-likeness (QED) is 0.241. The minimum atomic E-state index is -1.54. The van der Waals surface area contributed by atoms with Crippen molar-refractivity contribution >= 4 is 5.91 Å². The number of aliphatic hydroxyl groups is 5. The molecule has 1 fully saturated rings. The Kier molecular flexibility index (Phi) is 10.6. The average Bonchev–Trinajstić information content (AvgIpc) is 2.64. The molecular formula is C17H33NO8. The van der Waals surface area contributed by atoms with Gasteiger partial charge in [-0.2, -0.15) is 0 Å². The van der Waals surface area contributed by atoms with Crippen LogP contribution in [0.5, 0.6) is 0 Å². The summed E-state index contributed by atoms with van der Waals surface area (Å²) in [7, 11) is 0. The molecule has 9 nitrogen and oxygen atoms in total. The van der Waals surface area contributed by atoms with Crippen molar-refractivity contribution in [3.05, 3.63) is 0 Å². The summed E-state index contributed by atoms with van der Waals surface area (Å²) in [6.07, 6.45) is -4.23. The smallest absolute Gasteiger partial charge is 0.220 e. The molecule has 0 aromatic carbocycles. The lowest BCUT2D eigenvalue weighted by atomic mass is 9.99. The number of hydrogen-bond donors (Lipinski definition) is 6. The number of ether oxygens (including phenoxy) is 2. The Bertz CT molecular complexity index is 408. The third-order valence-electron chi connectivity index (χ3n) is 4.52. The van der Waals surface area contributed by atoms with Crippen LogP contribution in [0.25, 0.3) is 0 Å². The molecule has 0 bridgehead atoms. The molecule has 1 amide bonds. The highest BCUT2D eigenvalue weighted by Crippen LogP contribution is 2.22. The first kappa shape index (κ1) is 23.2. The van der Waals surface area contributed by atoms with E-state index >= 15 is 0 Å². The molecule has 1 rings (SSSR count). The molecule has 0 radical (unpaired) electrons. The summed E-state index contributed by atoms with van der Waals surface area (Å²) in [5, 5.41) is 51.7. The number of carbonyl (C=O) groups excluding carboxylic acids is 1. The molecule has 1 heterocycles. The molecule has 26 heavy (non-hydrogen) atoms. The molecule has 0 aromatic rings. The fraction of sp³-hybridized carbons (Fsp3) is 0.941. The number of carbonyl (C=O) groups is 1. The van der Waals surface area contributed by atoms with Crippen LogP contribution in [0.4, 0.5) is 0 Å². The third-order valence-corrected chi connectivity index (χ3v) is 4.52. The van der Waals surface area contributed by atoms with Gasteiger partial charge in [-0.05, 0) is 6.42 Å². The molecule has 9 heteroatoms. The Balaban J connectivity index is 2.66. The Hall–Kier alpha value is -0.810. The van der Waals surface area contributed by atoms with E-state index in [2.05, 4.69) is 5.32 Å². The van der Waals surface area contributed by atoms with Gasteiger partial charge >= 0.3 is 0 Å². The molecule has 0 spiro atoms. The lowest BCUT2D eigenvalue weighted by Gasteiger charge is -2.40. The van der Waals surface area contributed by atoms with Crippen LogP contribution in [0, 0.1) is 0 Å². The van der Waals surface area contributed by atoms with Crippen LogP contribution in [-0.4, -0.2) is 87.5 Å². The molecular weight excluding hydrogens is 346 g/mol. The topological polar surface area (TPSA) is 149 Å². The van der Waals surface area contributed by atoms with E-state index in [0.717, 1.165) is 19.3 Å². The SMILES string of the molecule is CCCCCC(O)C(COC1OC(CO)C(O)C(O)C1O)NC(=O)CC. The van der Waals surface area contributed by atoms with E-state index in [1.54, 1.807) is 6.92 Å². The summed E-state index contributed by atoms with van der Waals surface area (Å²) >= 11 is 0. The van der Waals surface area contributed by atoms with Gasteiger partial charge in [0.15, 0.2) is 6.29 Å². The zero-order valence-electron chi connectivity index (χ0n) is 15.5. The first-order chi connectivity index (χ1) is 12.3. The predicted octanol–water partition coefficient (Wildman–Crippen LogP) is -1.36. The van der Waals surface area contributed by atoms with E-state index in [4.69, 9.17) is 9.47 Å². The summed E-state index contributed by atoms with van der Waals surface area (Å²) in [4.78, 5) is 11.7. The number of amides is 1. The maximum absolute atomic E-state index is 11.7. The summed E-state index contributed by atoms with van der Waals surface area (Å²) < 4.78 is 10.7. The zero-order valence-corrected chi connectivity index (χ0v) is 15.5. The van der Waals surface area contributed by atoms with Gasteiger partial charge in [0, 0.05) is 6.42 Å². The highest BCUT2D eigenvalue weighted by molar-refractivity contribution is 5.75. The fourth-order valence-electron chi connectivity index (χ4n) is 2.77. The van der Waals surface area contributed by atoms with Crippen LogP contribution in [-0.2, 0) is 14.3 Å². The standard InChI is InChI=1S/C17H33NO8/c1-3-5-6-7-11(20)10(18-13(21)4-2)9-25-17-16(24)15(23)14(22)12(8-19)26-17/h10-12,14-17,19-20,22-24H,3-9H2,1-2H3,(H,18,21). The maximum atomic E-state index is 11.7. The van der Waals surface area contributed by atoms with Gasteiger partial charge in [0.2, 0.25) is 5.91 Å². The largest absolute Gasteiger partial charge is 0.394 e. The van der Waals surface area contributed by atoms with E-state index in [1.165, 1.54) is 0 Å². The highest BCUT2D eigenvalue weighted by atomic mass is 16.7. The normalized spacial score (nSPS) is 31.4. The van der Waals surface area contributed by atoms with Gasteiger partial charge in [-0.15, -0.1) is 0 Å². The molecule has 6 N–H and O–H groups in total. The van der Waals surface area contributed by atoms with Gasteiger partial charge < -0.3 is 40.3 Å². The Labute approximate surface area is 153 Å². The minimum absolute atomic E-state index is 0.151. The van der Waals surface area contributed by atoms with E-state index in [9.17, 15) is 30.3 Å². The second kappa shape index (κ2) is 11.8. The summed E-state index contributed by atoms with van der Waals surface area (Å²) in [6, 6.07) is -0.702. The molecule has 0 aliphatic carbocycles. The van der Waals surface area contributed by atoms with Crippen molar-refractivity contribution in [1.82, 2.24) is 5.32 Å². The van der Waals surface area contributed by atoms with Crippen molar-refractivity contribution in [3.63, 3.8) is 0 Å². The van der Waals surface area contributed by atoms with Crippen LogP contribution >= 0.6 is 0 Å². The zero-order chi connectivity index (χ0) is 19.7. The molecule has 154 valence electrons. The molecule has 0 aromatic heterocycles. The van der Waals surface area contributed by atoms with Crippen molar-refractivity contribution < 1.29 is 39.8 Å². The van der Waals surface area contributed by atoms with Crippen LogP contribution in [0.2, 0.25) is 0 Å². The van der Waals surface area contributed by atoms with Crippen LogP contribution < -0.4 is 5.32 Å². The molecule has 0 saturated carbocycles. The van der Waals surface area contributed by atoms with E-state index in [-0.39, 0.29) is 18.9 Å². The van der Waals surface area contributed by atoms with E-state index in [0.29, 0.717) is 6.42 Å². The summed E-state index contributed by atoms with van der Waals surface area (Å²) in [5.41, 5.74) is 0. The monoisotopic (exact) mass is 379 g/mol. The van der Waals surface area contributed by atoms with Gasteiger partial charge in [-0.25, -0.2) is 0 Å². The fourth-order valence-corrected chi connectivity index (χ4v) is 2.77.